The first-order valence-electron chi connectivity index (χ1n) is 9.17. The molecule has 1 aliphatic heterocycles. The number of thioether (sulfide) groups is 1. The number of hydrogen-bond donors (Lipinski definition) is 1. The van der Waals surface area contributed by atoms with E-state index in [2.05, 4.69) is 43.4 Å². The van der Waals surface area contributed by atoms with Crippen LogP contribution in [0.25, 0.3) is 0 Å². The van der Waals surface area contributed by atoms with E-state index < -0.39 is 0 Å². The molecule has 0 aliphatic carbocycles. The largest absolute Gasteiger partial charge is 0.353 e. The van der Waals surface area contributed by atoms with E-state index in [4.69, 9.17) is 0 Å². The minimum absolute atomic E-state index is 0.0459. The van der Waals surface area contributed by atoms with Crippen molar-refractivity contribution in [3.05, 3.63) is 29.8 Å². The van der Waals surface area contributed by atoms with Crippen LogP contribution in [0.2, 0.25) is 0 Å². The normalized spacial score (nSPS) is 15.7. The molecule has 1 N–H and O–H groups in total. The number of rotatable bonds is 6. The van der Waals surface area contributed by atoms with Gasteiger partial charge < -0.3 is 10.2 Å². The SMILES string of the molecule is CC(C)C(=O)N1CCC(NC(=O)CSc2ccc(C(C)C)cc2)CC1. The van der Waals surface area contributed by atoms with E-state index >= 15 is 0 Å². The summed E-state index contributed by atoms with van der Waals surface area (Å²) in [6.07, 6.45) is 1.69. The zero-order valence-corrected chi connectivity index (χ0v) is 16.6. The van der Waals surface area contributed by atoms with Crippen molar-refractivity contribution < 1.29 is 9.59 Å². The highest BCUT2D eigenvalue weighted by Gasteiger charge is 2.24. The van der Waals surface area contributed by atoms with E-state index in [-0.39, 0.29) is 23.8 Å². The molecule has 0 atom stereocenters. The van der Waals surface area contributed by atoms with Crippen LogP contribution >= 0.6 is 11.8 Å². The number of nitrogens with one attached hydrogen (secondary N) is 1. The minimum Gasteiger partial charge on any atom is -0.353 e. The first-order valence-corrected chi connectivity index (χ1v) is 10.2. The van der Waals surface area contributed by atoms with Crippen molar-refractivity contribution in [2.75, 3.05) is 18.8 Å². The Bertz CT molecular complexity index is 576. The molecule has 1 aliphatic rings. The van der Waals surface area contributed by atoms with Gasteiger partial charge in [0, 0.05) is 29.9 Å². The number of amides is 2. The molecule has 1 heterocycles. The summed E-state index contributed by atoms with van der Waals surface area (Å²) < 4.78 is 0. The molecule has 0 spiro atoms. The van der Waals surface area contributed by atoms with Gasteiger partial charge in [0.15, 0.2) is 0 Å². The van der Waals surface area contributed by atoms with Gasteiger partial charge in [0.1, 0.15) is 0 Å². The summed E-state index contributed by atoms with van der Waals surface area (Å²) in [6.45, 7) is 9.70. The van der Waals surface area contributed by atoms with E-state index in [0.717, 1.165) is 30.8 Å². The number of benzene rings is 1. The smallest absolute Gasteiger partial charge is 0.230 e. The second kappa shape index (κ2) is 9.27. The molecule has 1 saturated heterocycles. The van der Waals surface area contributed by atoms with Crippen LogP contribution < -0.4 is 5.32 Å². The van der Waals surface area contributed by atoms with Crippen LogP contribution in [0.4, 0.5) is 0 Å². The molecule has 0 radical (unpaired) electrons. The van der Waals surface area contributed by atoms with Crippen LogP contribution in [0.3, 0.4) is 0 Å². The average Bonchev–Trinajstić information content (AvgIpc) is 2.60. The molecule has 1 aromatic carbocycles. The van der Waals surface area contributed by atoms with Gasteiger partial charge in [-0.05, 0) is 36.5 Å². The van der Waals surface area contributed by atoms with E-state index in [1.54, 1.807) is 11.8 Å². The highest BCUT2D eigenvalue weighted by molar-refractivity contribution is 8.00. The maximum absolute atomic E-state index is 12.2. The Balaban J connectivity index is 1.71. The number of hydrogen-bond acceptors (Lipinski definition) is 3. The third-order valence-corrected chi connectivity index (χ3v) is 5.59. The maximum Gasteiger partial charge on any atom is 0.230 e. The van der Waals surface area contributed by atoms with Crippen LogP contribution in [-0.4, -0.2) is 41.6 Å². The zero-order valence-electron chi connectivity index (χ0n) is 15.7. The molecule has 1 fully saturated rings. The number of piperidine rings is 1. The summed E-state index contributed by atoms with van der Waals surface area (Å²) in [7, 11) is 0. The highest BCUT2D eigenvalue weighted by atomic mass is 32.2. The highest BCUT2D eigenvalue weighted by Crippen LogP contribution is 2.22. The molecule has 1 aromatic rings. The van der Waals surface area contributed by atoms with E-state index in [1.807, 2.05) is 18.7 Å². The molecule has 2 amide bonds. The summed E-state index contributed by atoms with van der Waals surface area (Å²) in [4.78, 5) is 27.2. The first kappa shape index (κ1) is 19.8. The van der Waals surface area contributed by atoms with Gasteiger partial charge >= 0.3 is 0 Å². The zero-order chi connectivity index (χ0) is 18.4. The Morgan fingerprint density at radius 3 is 2.24 bits per heavy atom. The quantitative estimate of drug-likeness (QED) is 0.786. The summed E-state index contributed by atoms with van der Waals surface area (Å²) in [5.41, 5.74) is 1.32. The van der Waals surface area contributed by atoms with E-state index in [0.29, 0.717) is 11.7 Å². The van der Waals surface area contributed by atoms with Crippen LogP contribution in [0.1, 0.15) is 52.0 Å². The van der Waals surface area contributed by atoms with Gasteiger partial charge in [-0.25, -0.2) is 0 Å². The molecular weight excluding hydrogens is 332 g/mol. The van der Waals surface area contributed by atoms with Crippen molar-refractivity contribution >= 4 is 23.6 Å². The average molecular weight is 363 g/mol. The van der Waals surface area contributed by atoms with Gasteiger partial charge in [-0.15, -0.1) is 11.8 Å². The molecule has 2 rings (SSSR count). The van der Waals surface area contributed by atoms with E-state index in [1.165, 1.54) is 5.56 Å². The summed E-state index contributed by atoms with van der Waals surface area (Å²) in [6, 6.07) is 8.62. The van der Waals surface area contributed by atoms with Gasteiger partial charge in [-0.1, -0.05) is 39.8 Å². The number of carbonyl (C=O) groups is 2. The van der Waals surface area contributed by atoms with Crippen LogP contribution in [0, 0.1) is 5.92 Å². The maximum atomic E-state index is 12.2. The fourth-order valence-electron chi connectivity index (χ4n) is 2.98. The summed E-state index contributed by atoms with van der Waals surface area (Å²) >= 11 is 1.57. The van der Waals surface area contributed by atoms with Gasteiger partial charge in [-0.2, -0.15) is 0 Å². The molecule has 0 bridgehead atoms. The Kier molecular flexibility index (Phi) is 7.36. The number of likely N-dealkylation sites (tertiary alicyclic amines) is 1. The van der Waals surface area contributed by atoms with Gasteiger partial charge in [-0.3, -0.25) is 9.59 Å². The van der Waals surface area contributed by atoms with Crippen molar-refractivity contribution in [2.45, 2.75) is 57.4 Å². The minimum atomic E-state index is 0.0459. The molecule has 0 unspecified atom stereocenters. The molecular formula is C20H30N2O2S. The Labute approximate surface area is 155 Å². The lowest BCUT2D eigenvalue weighted by molar-refractivity contribution is -0.135. The second-order valence-electron chi connectivity index (χ2n) is 7.33. The molecule has 25 heavy (non-hydrogen) atoms. The number of carbonyl (C=O) groups excluding carboxylic acids is 2. The molecule has 5 heteroatoms. The Morgan fingerprint density at radius 2 is 1.72 bits per heavy atom. The third kappa shape index (κ3) is 6.07. The lowest BCUT2D eigenvalue weighted by Crippen LogP contribution is -2.47. The van der Waals surface area contributed by atoms with Crippen molar-refractivity contribution in [1.82, 2.24) is 10.2 Å². The van der Waals surface area contributed by atoms with Crippen LogP contribution in [-0.2, 0) is 9.59 Å². The molecule has 138 valence electrons. The van der Waals surface area contributed by atoms with Crippen molar-refractivity contribution in [1.29, 1.82) is 0 Å². The lowest BCUT2D eigenvalue weighted by Gasteiger charge is -2.33. The van der Waals surface area contributed by atoms with Crippen LogP contribution in [0.15, 0.2) is 29.2 Å². The van der Waals surface area contributed by atoms with Crippen molar-refractivity contribution in [3.8, 4) is 0 Å². The summed E-state index contributed by atoms with van der Waals surface area (Å²) in [5.74, 6) is 1.30. The van der Waals surface area contributed by atoms with Crippen LogP contribution in [0.5, 0.6) is 0 Å². The fraction of sp³-hybridized carbons (Fsp3) is 0.600. The standard InChI is InChI=1S/C20H30N2O2S/c1-14(2)16-5-7-18(8-6-16)25-13-19(23)21-17-9-11-22(12-10-17)20(24)15(3)4/h5-8,14-15,17H,9-13H2,1-4H3,(H,21,23). The second-order valence-corrected chi connectivity index (χ2v) is 8.38. The third-order valence-electron chi connectivity index (χ3n) is 4.58. The Hall–Kier alpha value is -1.49. The fourth-order valence-corrected chi connectivity index (χ4v) is 3.69. The van der Waals surface area contributed by atoms with Gasteiger partial charge in [0.05, 0.1) is 5.75 Å². The Morgan fingerprint density at radius 1 is 1.12 bits per heavy atom. The van der Waals surface area contributed by atoms with Crippen molar-refractivity contribution in [3.63, 3.8) is 0 Å². The predicted molar refractivity (Wildman–Crippen MR) is 104 cm³/mol. The van der Waals surface area contributed by atoms with Crippen molar-refractivity contribution in [2.24, 2.45) is 5.92 Å². The van der Waals surface area contributed by atoms with Gasteiger partial charge in [0.25, 0.3) is 0 Å². The molecule has 0 saturated carbocycles. The molecule has 0 aromatic heterocycles. The number of nitrogens with zero attached hydrogens (tertiary/aromatic N) is 1. The predicted octanol–water partition coefficient (Wildman–Crippen LogP) is 3.67. The molecule has 4 nitrogen and oxygen atoms in total. The first-order chi connectivity index (χ1) is 11.9. The van der Waals surface area contributed by atoms with Gasteiger partial charge in [0.2, 0.25) is 11.8 Å². The topological polar surface area (TPSA) is 49.4 Å². The monoisotopic (exact) mass is 362 g/mol. The van der Waals surface area contributed by atoms with E-state index in [9.17, 15) is 9.59 Å². The summed E-state index contributed by atoms with van der Waals surface area (Å²) in [5, 5.41) is 3.11. The lowest BCUT2D eigenvalue weighted by atomic mass is 10.0.